The molecule has 0 aromatic heterocycles. The molecule has 0 amide bonds. The van der Waals surface area contributed by atoms with Crippen LogP contribution >= 0.6 is 0 Å². The molecule has 2 nitrogen and oxygen atoms in total. The molecule has 0 unspecified atom stereocenters. The molecule has 0 spiro atoms. The minimum atomic E-state index is 0.807. The van der Waals surface area contributed by atoms with Crippen LogP contribution in [0.25, 0.3) is 0 Å². The van der Waals surface area contributed by atoms with Gasteiger partial charge >= 0.3 is 0 Å². The summed E-state index contributed by atoms with van der Waals surface area (Å²) in [6.45, 7) is 5.04. The Hall–Kier alpha value is -1.96. The van der Waals surface area contributed by atoms with Gasteiger partial charge in [0.1, 0.15) is 5.75 Å². The molecule has 0 fully saturated rings. The van der Waals surface area contributed by atoms with Gasteiger partial charge in [-0.25, -0.2) is 0 Å². The van der Waals surface area contributed by atoms with Crippen LogP contribution in [0.15, 0.2) is 42.5 Å². The van der Waals surface area contributed by atoms with Crippen LogP contribution in [-0.4, -0.2) is 7.11 Å². The fourth-order valence-electron chi connectivity index (χ4n) is 1.99. The second-order valence-corrected chi connectivity index (χ2v) is 4.52. The van der Waals surface area contributed by atoms with Crippen molar-refractivity contribution in [3.05, 3.63) is 59.2 Å². The van der Waals surface area contributed by atoms with E-state index in [2.05, 4.69) is 49.5 Å². The number of aryl methyl sites for hydroxylation is 2. The zero-order valence-electron chi connectivity index (χ0n) is 11.2. The van der Waals surface area contributed by atoms with Crippen LogP contribution in [0.1, 0.15) is 16.7 Å². The van der Waals surface area contributed by atoms with Crippen molar-refractivity contribution < 1.29 is 4.74 Å². The van der Waals surface area contributed by atoms with E-state index in [1.807, 2.05) is 12.1 Å². The highest BCUT2D eigenvalue weighted by atomic mass is 16.5. The zero-order chi connectivity index (χ0) is 13.0. The third-order valence-electron chi connectivity index (χ3n) is 3.00. The summed E-state index contributed by atoms with van der Waals surface area (Å²) in [6, 6.07) is 14.6. The second kappa shape index (κ2) is 5.58. The molecular formula is C16H19NO. The second-order valence-electron chi connectivity index (χ2n) is 4.52. The first-order chi connectivity index (χ1) is 8.69. The maximum atomic E-state index is 5.22. The lowest BCUT2D eigenvalue weighted by Crippen LogP contribution is -2.01. The van der Waals surface area contributed by atoms with Crippen LogP contribution < -0.4 is 10.1 Å². The Bertz CT molecular complexity index is 534. The highest BCUT2D eigenvalue weighted by molar-refractivity contribution is 5.52. The molecule has 0 atom stereocenters. The van der Waals surface area contributed by atoms with E-state index < -0.39 is 0 Å². The van der Waals surface area contributed by atoms with Gasteiger partial charge < -0.3 is 10.1 Å². The van der Waals surface area contributed by atoms with Crippen molar-refractivity contribution in [3.8, 4) is 5.75 Å². The summed E-state index contributed by atoms with van der Waals surface area (Å²) in [6.07, 6.45) is 0. The Morgan fingerprint density at radius 3 is 2.61 bits per heavy atom. The third-order valence-corrected chi connectivity index (χ3v) is 3.00. The monoisotopic (exact) mass is 241 g/mol. The van der Waals surface area contributed by atoms with Crippen LogP contribution in [0.5, 0.6) is 5.75 Å². The normalized spacial score (nSPS) is 10.2. The van der Waals surface area contributed by atoms with Crippen LogP contribution in [0.4, 0.5) is 5.69 Å². The molecule has 94 valence electrons. The predicted octanol–water partition coefficient (Wildman–Crippen LogP) is 3.92. The molecule has 2 aromatic carbocycles. The van der Waals surface area contributed by atoms with E-state index in [9.17, 15) is 0 Å². The first-order valence-electron chi connectivity index (χ1n) is 6.13. The van der Waals surface area contributed by atoms with E-state index in [4.69, 9.17) is 4.74 Å². The number of anilines is 1. The summed E-state index contributed by atoms with van der Waals surface area (Å²) < 4.78 is 5.22. The van der Waals surface area contributed by atoms with Gasteiger partial charge in [-0.15, -0.1) is 0 Å². The van der Waals surface area contributed by atoms with Gasteiger partial charge in [-0.3, -0.25) is 0 Å². The summed E-state index contributed by atoms with van der Waals surface area (Å²) >= 11 is 0. The van der Waals surface area contributed by atoms with Crippen molar-refractivity contribution in [2.75, 3.05) is 12.4 Å². The number of hydrogen-bond acceptors (Lipinski definition) is 2. The Balaban J connectivity index is 2.06. The summed E-state index contributed by atoms with van der Waals surface area (Å²) in [5, 5.41) is 3.45. The van der Waals surface area contributed by atoms with Crippen LogP contribution in [-0.2, 0) is 6.54 Å². The lowest BCUT2D eigenvalue weighted by Gasteiger charge is -2.11. The van der Waals surface area contributed by atoms with Crippen molar-refractivity contribution in [2.24, 2.45) is 0 Å². The van der Waals surface area contributed by atoms with E-state index in [1.165, 1.54) is 22.4 Å². The van der Waals surface area contributed by atoms with E-state index in [0.29, 0.717) is 0 Å². The number of nitrogens with one attached hydrogen (secondary N) is 1. The van der Waals surface area contributed by atoms with Gasteiger partial charge in [0.05, 0.1) is 7.11 Å². The largest absolute Gasteiger partial charge is 0.497 e. The average Bonchev–Trinajstić information content (AvgIpc) is 2.38. The standard InChI is InChI=1S/C16H19NO/c1-12-7-8-16(13(2)9-12)17-11-14-5-4-6-15(10-14)18-3/h4-10,17H,11H2,1-3H3. The molecule has 2 aromatic rings. The molecule has 0 radical (unpaired) electrons. The summed E-state index contributed by atoms with van der Waals surface area (Å²) in [4.78, 5) is 0. The number of rotatable bonds is 4. The molecule has 0 aliphatic rings. The fourth-order valence-corrected chi connectivity index (χ4v) is 1.99. The predicted molar refractivity (Wildman–Crippen MR) is 76.2 cm³/mol. The van der Waals surface area contributed by atoms with Gasteiger partial charge in [0.25, 0.3) is 0 Å². The molecule has 0 saturated heterocycles. The maximum absolute atomic E-state index is 5.22. The fraction of sp³-hybridized carbons (Fsp3) is 0.250. The maximum Gasteiger partial charge on any atom is 0.119 e. The number of ether oxygens (including phenoxy) is 1. The summed E-state index contributed by atoms with van der Waals surface area (Å²) in [5.41, 5.74) is 4.97. The lowest BCUT2D eigenvalue weighted by molar-refractivity contribution is 0.414. The number of hydrogen-bond donors (Lipinski definition) is 1. The zero-order valence-corrected chi connectivity index (χ0v) is 11.2. The SMILES string of the molecule is COc1cccc(CNc2ccc(C)cc2C)c1. The Kier molecular flexibility index (Phi) is 3.88. The van der Waals surface area contributed by atoms with Crippen molar-refractivity contribution in [2.45, 2.75) is 20.4 Å². The molecule has 1 N–H and O–H groups in total. The summed E-state index contributed by atoms with van der Waals surface area (Å²) in [7, 11) is 1.69. The number of benzene rings is 2. The highest BCUT2D eigenvalue weighted by Crippen LogP contribution is 2.18. The molecular weight excluding hydrogens is 222 g/mol. The van der Waals surface area contributed by atoms with E-state index in [0.717, 1.165) is 12.3 Å². The molecule has 18 heavy (non-hydrogen) atoms. The first-order valence-corrected chi connectivity index (χ1v) is 6.13. The molecule has 0 bridgehead atoms. The molecule has 0 heterocycles. The third kappa shape index (κ3) is 3.04. The van der Waals surface area contributed by atoms with Gasteiger partial charge in [0.15, 0.2) is 0 Å². The minimum absolute atomic E-state index is 0.807. The van der Waals surface area contributed by atoms with Crippen molar-refractivity contribution >= 4 is 5.69 Å². The molecule has 0 aliphatic carbocycles. The van der Waals surface area contributed by atoms with Gasteiger partial charge in [-0.2, -0.15) is 0 Å². The minimum Gasteiger partial charge on any atom is -0.497 e. The van der Waals surface area contributed by atoms with Gasteiger partial charge in [0, 0.05) is 12.2 Å². The topological polar surface area (TPSA) is 21.3 Å². The van der Waals surface area contributed by atoms with Crippen molar-refractivity contribution in [3.63, 3.8) is 0 Å². The van der Waals surface area contributed by atoms with E-state index >= 15 is 0 Å². The highest BCUT2D eigenvalue weighted by Gasteiger charge is 1.99. The summed E-state index contributed by atoms with van der Waals surface area (Å²) in [5.74, 6) is 0.898. The molecule has 0 saturated carbocycles. The van der Waals surface area contributed by atoms with Crippen LogP contribution in [0.3, 0.4) is 0 Å². The van der Waals surface area contributed by atoms with Crippen molar-refractivity contribution in [1.29, 1.82) is 0 Å². The molecule has 0 aliphatic heterocycles. The van der Waals surface area contributed by atoms with E-state index in [-0.39, 0.29) is 0 Å². The smallest absolute Gasteiger partial charge is 0.119 e. The quantitative estimate of drug-likeness (QED) is 0.875. The number of methoxy groups -OCH3 is 1. The van der Waals surface area contributed by atoms with Gasteiger partial charge in [0.2, 0.25) is 0 Å². The first kappa shape index (κ1) is 12.5. The lowest BCUT2D eigenvalue weighted by atomic mass is 10.1. The van der Waals surface area contributed by atoms with Crippen molar-refractivity contribution in [1.82, 2.24) is 0 Å². The van der Waals surface area contributed by atoms with Crippen LogP contribution in [0.2, 0.25) is 0 Å². The van der Waals surface area contributed by atoms with Gasteiger partial charge in [-0.1, -0.05) is 29.8 Å². The van der Waals surface area contributed by atoms with E-state index in [1.54, 1.807) is 7.11 Å². The Morgan fingerprint density at radius 1 is 1.06 bits per heavy atom. The molecule has 2 rings (SSSR count). The van der Waals surface area contributed by atoms with Crippen LogP contribution in [0, 0.1) is 13.8 Å². The molecule has 2 heteroatoms. The Morgan fingerprint density at radius 2 is 1.89 bits per heavy atom. The Labute approximate surface area is 109 Å². The average molecular weight is 241 g/mol. The van der Waals surface area contributed by atoms with Gasteiger partial charge in [-0.05, 0) is 43.2 Å².